The molecule has 2 heterocycles. The Bertz CT molecular complexity index is 554. The summed E-state index contributed by atoms with van der Waals surface area (Å²) >= 11 is 0. The minimum atomic E-state index is -0.0138. The number of para-hydroxylation sites is 1. The minimum absolute atomic E-state index is 0.0138. The Morgan fingerprint density at radius 1 is 1.14 bits per heavy atom. The molecule has 21 heavy (non-hydrogen) atoms. The monoisotopic (exact) mass is 285 g/mol. The third-order valence-electron chi connectivity index (χ3n) is 5.45. The number of ether oxygens (including phenoxy) is 1. The second-order valence-electron chi connectivity index (χ2n) is 6.70. The van der Waals surface area contributed by atoms with Crippen molar-refractivity contribution in [3.8, 4) is 5.75 Å². The van der Waals surface area contributed by atoms with E-state index in [4.69, 9.17) is 4.74 Å². The molecule has 1 N–H and O–H groups in total. The van der Waals surface area contributed by atoms with Crippen LogP contribution in [0, 0.1) is 5.92 Å². The average Bonchev–Trinajstić information content (AvgIpc) is 3.02. The zero-order chi connectivity index (χ0) is 14.2. The Morgan fingerprint density at radius 2 is 2.05 bits per heavy atom. The molecule has 3 atom stereocenters. The summed E-state index contributed by atoms with van der Waals surface area (Å²) in [6.07, 6.45) is 8.34. The maximum Gasteiger partial charge on any atom is 0.183 e. The molecule has 1 saturated heterocycles. The van der Waals surface area contributed by atoms with Gasteiger partial charge in [-0.05, 0) is 43.2 Å². The lowest BCUT2D eigenvalue weighted by atomic mass is 9.76. The van der Waals surface area contributed by atoms with Gasteiger partial charge in [0.1, 0.15) is 5.75 Å². The standard InChI is InChI=1S/C18H23NO2/c20-17(14-6-3-5-13-10-11-21-18(13)14)16-9-8-12-4-1-2-7-15(12)19-16/h3,5-6,12,15-16,19H,1-2,4,7-11H2. The molecule has 2 fully saturated rings. The Morgan fingerprint density at radius 3 is 3.00 bits per heavy atom. The van der Waals surface area contributed by atoms with Gasteiger partial charge in [0.05, 0.1) is 18.2 Å². The van der Waals surface area contributed by atoms with Gasteiger partial charge in [0.2, 0.25) is 0 Å². The van der Waals surface area contributed by atoms with E-state index in [1.165, 1.54) is 37.7 Å². The summed E-state index contributed by atoms with van der Waals surface area (Å²) in [4.78, 5) is 12.9. The number of carbonyl (C=O) groups is 1. The third kappa shape index (κ3) is 2.38. The van der Waals surface area contributed by atoms with E-state index in [1.807, 2.05) is 12.1 Å². The van der Waals surface area contributed by atoms with Crippen molar-refractivity contribution in [2.75, 3.05) is 6.61 Å². The second-order valence-corrected chi connectivity index (χ2v) is 6.70. The number of nitrogens with one attached hydrogen (secondary N) is 1. The molecule has 0 bridgehead atoms. The highest BCUT2D eigenvalue weighted by molar-refractivity contribution is 6.03. The van der Waals surface area contributed by atoms with Crippen LogP contribution in [0.25, 0.3) is 0 Å². The van der Waals surface area contributed by atoms with Crippen LogP contribution in [0.4, 0.5) is 0 Å². The quantitative estimate of drug-likeness (QED) is 0.849. The van der Waals surface area contributed by atoms with E-state index in [9.17, 15) is 4.79 Å². The highest BCUT2D eigenvalue weighted by Crippen LogP contribution is 2.35. The molecule has 2 aliphatic heterocycles. The predicted octanol–water partition coefficient (Wildman–Crippen LogP) is 3.12. The van der Waals surface area contributed by atoms with Crippen LogP contribution >= 0.6 is 0 Å². The minimum Gasteiger partial charge on any atom is -0.492 e. The van der Waals surface area contributed by atoms with E-state index >= 15 is 0 Å². The van der Waals surface area contributed by atoms with E-state index in [1.54, 1.807) is 0 Å². The van der Waals surface area contributed by atoms with Gasteiger partial charge in [0.15, 0.2) is 5.78 Å². The lowest BCUT2D eigenvalue weighted by Gasteiger charge is -2.40. The van der Waals surface area contributed by atoms with Crippen molar-refractivity contribution < 1.29 is 9.53 Å². The molecule has 4 rings (SSSR count). The first-order chi connectivity index (χ1) is 10.3. The van der Waals surface area contributed by atoms with Crippen molar-refractivity contribution in [1.29, 1.82) is 0 Å². The molecule has 3 nitrogen and oxygen atoms in total. The van der Waals surface area contributed by atoms with E-state index in [-0.39, 0.29) is 11.8 Å². The number of rotatable bonds is 2. The molecule has 0 radical (unpaired) electrons. The Kier molecular flexibility index (Phi) is 3.46. The molecular weight excluding hydrogens is 262 g/mol. The smallest absolute Gasteiger partial charge is 0.183 e. The maximum absolute atomic E-state index is 12.9. The molecule has 1 aromatic rings. The third-order valence-corrected chi connectivity index (χ3v) is 5.45. The van der Waals surface area contributed by atoms with Gasteiger partial charge in [-0.15, -0.1) is 0 Å². The molecule has 1 aliphatic carbocycles. The van der Waals surface area contributed by atoms with Crippen LogP contribution in [0.15, 0.2) is 18.2 Å². The highest BCUT2D eigenvalue weighted by atomic mass is 16.5. The van der Waals surface area contributed by atoms with E-state index in [2.05, 4.69) is 11.4 Å². The number of hydrogen-bond acceptors (Lipinski definition) is 3. The van der Waals surface area contributed by atoms with Crippen LogP contribution < -0.4 is 10.1 Å². The van der Waals surface area contributed by atoms with Crippen molar-refractivity contribution in [3.05, 3.63) is 29.3 Å². The molecular formula is C18H23NO2. The van der Waals surface area contributed by atoms with Gasteiger partial charge >= 0.3 is 0 Å². The molecule has 3 unspecified atom stereocenters. The number of fused-ring (bicyclic) bond motifs is 2. The summed E-state index contributed by atoms with van der Waals surface area (Å²) in [6.45, 7) is 0.711. The van der Waals surface area contributed by atoms with Gasteiger partial charge in [0.25, 0.3) is 0 Å². The number of ketones is 1. The van der Waals surface area contributed by atoms with Crippen LogP contribution in [0.2, 0.25) is 0 Å². The molecule has 0 spiro atoms. The van der Waals surface area contributed by atoms with E-state index in [0.29, 0.717) is 12.6 Å². The highest BCUT2D eigenvalue weighted by Gasteiger charge is 2.35. The fourth-order valence-electron chi connectivity index (χ4n) is 4.30. The predicted molar refractivity (Wildman–Crippen MR) is 81.9 cm³/mol. The summed E-state index contributed by atoms with van der Waals surface area (Å²) in [5, 5.41) is 3.64. The van der Waals surface area contributed by atoms with E-state index < -0.39 is 0 Å². The zero-order valence-corrected chi connectivity index (χ0v) is 12.4. The normalized spacial score (nSPS) is 31.1. The van der Waals surface area contributed by atoms with Crippen molar-refractivity contribution >= 4 is 5.78 Å². The first-order valence-electron chi connectivity index (χ1n) is 8.38. The maximum atomic E-state index is 12.9. The summed E-state index contributed by atoms with van der Waals surface area (Å²) in [5.41, 5.74) is 1.98. The number of carbonyl (C=O) groups excluding carboxylic acids is 1. The van der Waals surface area contributed by atoms with Crippen molar-refractivity contribution in [2.24, 2.45) is 5.92 Å². The van der Waals surface area contributed by atoms with Gasteiger partial charge in [-0.1, -0.05) is 25.0 Å². The molecule has 0 aromatic heterocycles. The lowest BCUT2D eigenvalue weighted by Crippen LogP contribution is -2.52. The molecule has 1 saturated carbocycles. The van der Waals surface area contributed by atoms with Gasteiger partial charge in [-0.2, -0.15) is 0 Å². The molecule has 0 amide bonds. The number of benzene rings is 1. The van der Waals surface area contributed by atoms with Crippen LogP contribution in [0.1, 0.15) is 54.4 Å². The molecule has 1 aromatic carbocycles. The Hall–Kier alpha value is -1.35. The Balaban J connectivity index is 1.54. The summed E-state index contributed by atoms with van der Waals surface area (Å²) < 4.78 is 5.70. The van der Waals surface area contributed by atoms with Gasteiger partial charge in [0, 0.05) is 12.5 Å². The first kappa shape index (κ1) is 13.3. The first-order valence-corrected chi connectivity index (χ1v) is 8.38. The number of piperidine rings is 1. The average molecular weight is 285 g/mol. The van der Waals surface area contributed by atoms with Crippen LogP contribution in [0.3, 0.4) is 0 Å². The van der Waals surface area contributed by atoms with Gasteiger partial charge in [-0.25, -0.2) is 0 Å². The SMILES string of the molecule is O=C(c1cccc2c1OCC2)C1CCC2CCCCC2N1. The van der Waals surface area contributed by atoms with Crippen molar-refractivity contribution in [3.63, 3.8) is 0 Å². The van der Waals surface area contributed by atoms with Crippen molar-refractivity contribution in [2.45, 2.75) is 57.0 Å². The molecule has 3 heteroatoms. The van der Waals surface area contributed by atoms with E-state index in [0.717, 1.165) is 30.1 Å². The fourth-order valence-corrected chi connectivity index (χ4v) is 4.30. The zero-order valence-electron chi connectivity index (χ0n) is 12.4. The second kappa shape index (κ2) is 5.45. The molecule has 3 aliphatic rings. The van der Waals surface area contributed by atoms with Crippen molar-refractivity contribution in [1.82, 2.24) is 5.32 Å². The lowest BCUT2D eigenvalue weighted by molar-refractivity contribution is 0.0858. The van der Waals surface area contributed by atoms with Crippen LogP contribution in [-0.4, -0.2) is 24.5 Å². The number of hydrogen-bond donors (Lipinski definition) is 1. The topological polar surface area (TPSA) is 38.3 Å². The fraction of sp³-hybridized carbons (Fsp3) is 0.611. The number of Topliss-reactive ketones (excluding diaryl/α,β-unsaturated/α-hetero) is 1. The largest absolute Gasteiger partial charge is 0.492 e. The van der Waals surface area contributed by atoms with Gasteiger partial charge < -0.3 is 10.1 Å². The van der Waals surface area contributed by atoms with Crippen LogP contribution in [-0.2, 0) is 6.42 Å². The molecule has 112 valence electrons. The summed E-state index contributed by atoms with van der Waals surface area (Å²) in [5.74, 6) is 1.87. The summed E-state index contributed by atoms with van der Waals surface area (Å²) in [7, 11) is 0. The van der Waals surface area contributed by atoms with Crippen LogP contribution in [0.5, 0.6) is 5.75 Å². The van der Waals surface area contributed by atoms with Gasteiger partial charge in [-0.3, -0.25) is 4.79 Å². The summed E-state index contributed by atoms with van der Waals surface area (Å²) in [6, 6.07) is 6.54. The Labute approximate surface area is 126 Å².